The van der Waals surface area contributed by atoms with Gasteiger partial charge in [0.2, 0.25) is 0 Å². The third-order valence-electron chi connectivity index (χ3n) is 5.36. The molecule has 0 aliphatic rings. The molecule has 0 heterocycles. The third-order valence-corrected chi connectivity index (χ3v) is 5.99. The van der Waals surface area contributed by atoms with Crippen molar-refractivity contribution >= 4 is 23.2 Å². The smallest absolute Gasteiger partial charge is 0.130 e. The highest BCUT2D eigenvalue weighted by molar-refractivity contribution is 6.32. The van der Waals surface area contributed by atoms with E-state index in [9.17, 15) is 0 Å². The van der Waals surface area contributed by atoms with Crippen molar-refractivity contribution < 1.29 is 9.47 Å². The fourth-order valence-electron chi connectivity index (χ4n) is 3.40. The predicted octanol–water partition coefficient (Wildman–Crippen LogP) is 9.08. The van der Waals surface area contributed by atoms with Gasteiger partial charge >= 0.3 is 0 Å². The lowest BCUT2D eigenvalue weighted by atomic mass is 10.1. The van der Waals surface area contributed by atoms with E-state index in [2.05, 4.69) is 12.1 Å². The minimum atomic E-state index is 0.371. The van der Waals surface area contributed by atoms with Crippen LogP contribution in [0, 0.1) is 47.8 Å². The number of aryl methyl sites for hydroxylation is 3. The molecule has 0 aliphatic heterocycles. The summed E-state index contributed by atoms with van der Waals surface area (Å²) in [6.45, 7) is 4.03. The predicted molar refractivity (Wildman–Crippen MR) is 149 cm³/mol. The normalized spacial score (nSPS) is 9.71. The number of rotatable bonds is 6. The van der Waals surface area contributed by atoms with Crippen molar-refractivity contribution in [1.29, 1.82) is 15.8 Å². The van der Waals surface area contributed by atoms with Crippen molar-refractivity contribution in [2.45, 2.75) is 26.7 Å². The summed E-state index contributed by atoms with van der Waals surface area (Å²) in [5.74, 6) is 2.69. The van der Waals surface area contributed by atoms with Crippen molar-refractivity contribution in [3.63, 3.8) is 0 Å². The van der Waals surface area contributed by atoms with Crippen LogP contribution < -0.4 is 9.47 Å². The fourth-order valence-corrected chi connectivity index (χ4v) is 3.83. The van der Waals surface area contributed by atoms with Crippen molar-refractivity contribution in [3.05, 3.63) is 117 Å². The van der Waals surface area contributed by atoms with E-state index in [1.807, 2.05) is 62.4 Å². The topological polar surface area (TPSA) is 89.8 Å². The third kappa shape index (κ3) is 8.02. The van der Waals surface area contributed by atoms with Crippen LogP contribution in [-0.4, -0.2) is 0 Å². The molecule has 38 heavy (non-hydrogen) atoms. The number of benzene rings is 4. The molecule has 4 aromatic rings. The number of halogens is 2. The molecule has 0 saturated carbocycles. The first-order valence-corrected chi connectivity index (χ1v) is 12.4. The van der Waals surface area contributed by atoms with E-state index in [1.165, 1.54) is 5.56 Å². The summed E-state index contributed by atoms with van der Waals surface area (Å²) < 4.78 is 11.4. The second-order valence-corrected chi connectivity index (χ2v) is 9.10. The zero-order chi connectivity index (χ0) is 27.5. The van der Waals surface area contributed by atoms with E-state index in [0.717, 1.165) is 23.3 Å². The number of hydrogen-bond acceptors (Lipinski definition) is 5. The van der Waals surface area contributed by atoms with Gasteiger partial charge in [0, 0.05) is 18.6 Å². The molecule has 0 unspecified atom stereocenters. The summed E-state index contributed by atoms with van der Waals surface area (Å²) in [4.78, 5) is 0. The van der Waals surface area contributed by atoms with E-state index in [1.54, 1.807) is 36.4 Å². The minimum Gasteiger partial charge on any atom is -0.457 e. The lowest BCUT2D eigenvalue weighted by molar-refractivity contribution is 0.479. The summed E-state index contributed by atoms with van der Waals surface area (Å²) in [6.07, 6.45) is 1.24. The summed E-state index contributed by atoms with van der Waals surface area (Å²) in [6, 6.07) is 29.6. The Hall–Kier alpha value is -4.47. The summed E-state index contributed by atoms with van der Waals surface area (Å²) in [7, 11) is 0. The van der Waals surface area contributed by atoms with Gasteiger partial charge in [-0.05, 0) is 73.9 Å². The molecule has 188 valence electrons. The zero-order valence-corrected chi connectivity index (χ0v) is 22.3. The first kappa shape index (κ1) is 28.1. The monoisotopic (exact) mass is 539 g/mol. The quantitative estimate of drug-likeness (QED) is 0.243. The molecule has 4 aromatic carbocycles. The van der Waals surface area contributed by atoms with Crippen molar-refractivity contribution in [3.8, 4) is 41.2 Å². The average molecular weight is 540 g/mol. The van der Waals surface area contributed by atoms with Gasteiger partial charge < -0.3 is 9.47 Å². The first-order valence-electron chi connectivity index (χ1n) is 11.6. The van der Waals surface area contributed by atoms with E-state index in [-0.39, 0.29) is 0 Å². The second-order valence-electron chi connectivity index (χ2n) is 8.28. The largest absolute Gasteiger partial charge is 0.457 e. The van der Waals surface area contributed by atoms with Crippen LogP contribution in [0.1, 0.15) is 34.2 Å². The maximum atomic E-state index is 8.80. The lowest BCUT2D eigenvalue weighted by Crippen LogP contribution is -1.89. The molecule has 0 aromatic heterocycles. The molecule has 0 amide bonds. The second kappa shape index (κ2) is 13.7. The molecular formula is C31H23Cl2N3O2. The van der Waals surface area contributed by atoms with E-state index in [0.29, 0.717) is 44.8 Å². The molecule has 0 aliphatic carbocycles. The van der Waals surface area contributed by atoms with E-state index < -0.39 is 0 Å². The molecule has 0 radical (unpaired) electrons. The van der Waals surface area contributed by atoms with Gasteiger partial charge in [0.25, 0.3) is 0 Å². The molecule has 0 N–H and O–H groups in total. The highest BCUT2D eigenvalue weighted by atomic mass is 35.5. The molecular weight excluding hydrogens is 517 g/mol. The number of nitriles is 3. The molecule has 5 nitrogen and oxygen atoms in total. The number of ether oxygens (including phenoxy) is 2. The van der Waals surface area contributed by atoms with Crippen LogP contribution in [0.2, 0.25) is 10.0 Å². The Morgan fingerprint density at radius 2 is 1.21 bits per heavy atom. The van der Waals surface area contributed by atoms with Gasteiger partial charge in [0.05, 0.1) is 27.2 Å². The number of nitrogens with zero attached hydrogens (tertiary/aromatic N) is 3. The summed E-state index contributed by atoms with van der Waals surface area (Å²) >= 11 is 11.9. The Balaban J connectivity index is 0.000000212. The van der Waals surface area contributed by atoms with Crippen LogP contribution in [0.3, 0.4) is 0 Å². The summed E-state index contributed by atoms with van der Waals surface area (Å²) in [5.41, 5.74) is 4.22. The van der Waals surface area contributed by atoms with Gasteiger partial charge in [-0.25, -0.2) is 0 Å². The standard InChI is InChI=1S/C16H11ClN2O.C15H12ClNO/c17-16-10-15(8-5-13(16)11-19)20-14-6-3-12(4-7-14)2-1-9-18;1-10-3-6-15(11(2)7-10)18-13-5-4-12(9-17)14(16)8-13/h3-8,10H,1-2H2;3-8H,1-2H3. The van der Waals surface area contributed by atoms with Crippen LogP contribution in [0.15, 0.2) is 78.9 Å². The van der Waals surface area contributed by atoms with Crippen LogP contribution in [0.4, 0.5) is 0 Å². The average Bonchev–Trinajstić information content (AvgIpc) is 2.90. The van der Waals surface area contributed by atoms with Crippen LogP contribution in [0.25, 0.3) is 0 Å². The van der Waals surface area contributed by atoms with Crippen molar-refractivity contribution in [2.24, 2.45) is 0 Å². The zero-order valence-electron chi connectivity index (χ0n) is 20.8. The Morgan fingerprint density at radius 3 is 1.71 bits per heavy atom. The van der Waals surface area contributed by atoms with Gasteiger partial charge in [0.15, 0.2) is 0 Å². The van der Waals surface area contributed by atoms with E-state index in [4.69, 9.17) is 48.5 Å². The Kier molecular flexibility index (Phi) is 10.2. The first-order chi connectivity index (χ1) is 18.3. The molecule has 7 heteroatoms. The van der Waals surface area contributed by atoms with Gasteiger partial charge in [-0.15, -0.1) is 0 Å². The van der Waals surface area contributed by atoms with Crippen LogP contribution in [-0.2, 0) is 6.42 Å². The highest BCUT2D eigenvalue weighted by Gasteiger charge is 2.06. The Labute approximate surface area is 232 Å². The van der Waals surface area contributed by atoms with Crippen LogP contribution in [0.5, 0.6) is 23.0 Å². The maximum Gasteiger partial charge on any atom is 0.130 e. The maximum absolute atomic E-state index is 8.80. The van der Waals surface area contributed by atoms with Crippen molar-refractivity contribution in [2.75, 3.05) is 0 Å². The van der Waals surface area contributed by atoms with Gasteiger partial charge in [0.1, 0.15) is 35.1 Å². The lowest BCUT2D eigenvalue weighted by Gasteiger charge is -2.09. The Bertz CT molecular complexity index is 1550. The fraction of sp³-hybridized carbons (Fsp3) is 0.129. The molecule has 0 saturated heterocycles. The Morgan fingerprint density at radius 1 is 0.658 bits per heavy atom. The van der Waals surface area contributed by atoms with Gasteiger partial charge in [-0.3, -0.25) is 0 Å². The SMILES string of the molecule is Cc1ccc(Oc2ccc(C#N)c(Cl)c2)c(C)c1.N#CCCc1ccc(Oc2ccc(C#N)c(Cl)c2)cc1. The van der Waals surface area contributed by atoms with Crippen LogP contribution >= 0.6 is 23.2 Å². The van der Waals surface area contributed by atoms with Gasteiger partial charge in [-0.1, -0.05) is 53.0 Å². The highest BCUT2D eigenvalue weighted by Crippen LogP contribution is 2.29. The molecule has 4 rings (SSSR count). The molecule has 0 fully saturated rings. The molecule has 0 bridgehead atoms. The van der Waals surface area contributed by atoms with Gasteiger partial charge in [-0.2, -0.15) is 15.8 Å². The minimum absolute atomic E-state index is 0.371. The van der Waals surface area contributed by atoms with E-state index >= 15 is 0 Å². The molecule has 0 spiro atoms. The molecule has 0 atom stereocenters. The number of hydrogen-bond donors (Lipinski definition) is 0. The summed E-state index contributed by atoms with van der Waals surface area (Å²) in [5, 5.41) is 26.9. The van der Waals surface area contributed by atoms with Crippen molar-refractivity contribution in [1.82, 2.24) is 0 Å².